The third kappa shape index (κ3) is 4.05. The van der Waals surface area contributed by atoms with Crippen molar-refractivity contribution in [2.24, 2.45) is 5.92 Å². The number of nitrogens with one attached hydrogen (secondary N) is 1. The van der Waals surface area contributed by atoms with E-state index in [9.17, 15) is 0 Å². The second-order valence-electron chi connectivity index (χ2n) is 5.23. The van der Waals surface area contributed by atoms with Crippen LogP contribution in [-0.2, 0) is 13.0 Å². The van der Waals surface area contributed by atoms with Crippen LogP contribution in [0.5, 0.6) is 0 Å². The zero-order valence-corrected chi connectivity index (χ0v) is 13.8. The smallest absolute Gasteiger partial charge is 0.0925 e. The van der Waals surface area contributed by atoms with Gasteiger partial charge in [0.15, 0.2) is 0 Å². The highest BCUT2D eigenvalue weighted by atomic mass is 35.5. The summed E-state index contributed by atoms with van der Waals surface area (Å²) in [6.45, 7) is 7.47. The molecule has 0 aliphatic rings. The normalized spacial score (nSPS) is 12.8. The Morgan fingerprint density at radius 2 is 1.95 bits per heavy atom. The van der Waals surface area contributed by atoms with Gasteiger partial charge in [-0.3, -0.25) is 0 Å². The van der Waals surface area contributed by atoms with Crippen molar-refractivity contribution < 1.29 is 0 Å². The fourth-order valence-corrected chi connectivity index (χ4v) is 3.15. The van der Waals surface area contributed by atoms with Gasteiger partial charge in [0.05, 0.1) is 5.01 Å². The highest BCUT2D eigenvalue weighted by Crippen LogP contribution is 2.24. The number of hydrogen-bond acceptors (Lipinski definition) is 3. The largest absolute Gasteiger partial charge is 0.305 e. The van der Waals surface area contributed by atoms with Crippen molar-refractivity contribution in [2.75, 3.05) is 0 Å². The molecule has 108 valence electrons. The summed E-state index contributed by atoms with van der Waals surface area (Å²) in [5.74, 6) is 0.523. The molecule has 20 heavy (non-hydrogen) atoms. The Balaban J connectivity index is 2.04. The standard InChI is InChI=1S/C16H21ClN2S/c1-4-15-18-9-14(20-15)10-19-16(11(2)3)12-5-7-13(17)8-6-12/h5-9,11,16,19H,4,10H2,1-3H3. The van der Waals surface area contributed by atoms with Crippen LogP contribution in [0.15, 0.2) is 30.5 Å². The molecule has 2 rings (SSSR count). The van der Waals surface area contributed by atoms with Crippen LogP contribution in [0.3, 0.4) is 0 Å². The number of nitrogens with zero attached hydrogens (tertiary/aromatic N) is 1. The molecule has 1 atom stereocenters. The molecule has 0 aliphatic carbocycles. The summed E-state index contributed by atoms with van der Waals surface area (Å²) in [7, 11) is 0. The Kier molecular flexibility index (Phi) is 5.58. The Labute approximate surface area is 130 Å². The van der Waals surface area contributed by atoms with Crippen molar-refractivity contribution in [2.45, 2.75) is 39.8 Å². The summed E-state index contributed by atoms with van der Waals surface area (Å²) < 4.78 is 0. The molecule has 0 fully saturated rings. The Morgan fingerprint density at radius 3 is 2.50 bits per heavy atom. The second kappa shape index (κ2) is 7.21. The lowest BCUT2D eigenvalue weighted by Gasteiger charge is -2.22. The average Bonchev–Trinajstić information content (AvgIpc) is 2.88. The number of hydrogen-bond donors (Lipinski definition) is 1. The molecule has 0 aliphatic heterocycles. The van der Waals surface area contributed by atoms with E-state index >= 15 is 0 Å². The van der Waals surface area contributed by atoms with Crippen LogP contribution < -0.4 is 5.32 Å². The van der Waals surface area contributed by atoms with Crippen molar-refractivity contribution in [3.8, 4) is 0 Å². The van der Waals surface area contributed by atoms with Crippen LogP contribution in [0.2, 0.25) is 5.02 Å². The summed E-state index contributed by atoms with van der Waals surface area (Å²) in [5, 5.41) is 5.62. The van der Waals surface area contributed by atoms with Crippen molar-refractivity contribution in [3.63, 3.8) is 0 Å². The number of aromatic nitrogens is 1. The number of aryl methyl sites for hydroxylation is 1. The topological polar surface area (TPSA) is 24.9 Å². The molecule has 2 nitrogen and oxygen atoms in total. The average molecular weight is 309 g/mol. The van der Waals surface area contributed by atoms with Crippen molar-refractivity contribution in [1.29, 1.82) is 0 Å². The minimum atomic E-state index is 0.333. The predicted octanol–water partition coefficient (Wildman–Crippen LogP) is 4.85. The van der Waals surface area contributed by atoms with Crippen molar-refractivity contribution in [1.82, 2.24) is 10.3 Å². The van der Waals surface area contributed by atoms with Crippen LogP contribution in [0.1, 0.15) is 42.3 Å². The van der Waals surface area contributed by atoms with Gasteiger partial charge in [0.1, 0.15) is 0 Å². The zero-order valence-electron chi connectivity index (χ0n) is 12.2. The van der Waals surface area contributed by atoms with Crippen LogP contribution in [0.4, 0.5) is 0 Å². The summed E-state index contributed by atoms with van der Waals surface area (Å²) in [6, 6.07) is 8.44. The lowest BCUT2D eigenvalue weighted by atomic mass is 9.96. The van der Waals surface area contributed by atoms with Gasteiger partial charge in [-0.05, 0) is 30.0 Å². The van der Waals surface area contributed by atoms with Crippen molar-refractivity contribution in [3.05, 3.63) is 50.9 Å². The first kappa shape index (κ1) is 15.5. The minimum absolute atomic E-state index is 0.333. The molecule has 1 aromatic heterocycles. The molecule has 1 aromatic carbocycles. The van der Waals surface area contributed by atoms with E-state index < -0.39 is 0 Å². The molecule has 0 amide bonds. The molecule has 0 bridgehead atoms. The monoisotopic (exact) mass is 308 g/mol. The SMILES string of the molecule is CCc1ncc(CNC(c2ccc(Cl)cc2)C(C)C)s1. The van der Waals surface area contributed by atoms with E-state index in [4.69, 9.17) is 11.6 Å². The van der Waals surface area contributed by atoms with E-state index in [0.717, 1.165) is 18.0 Å². The molecule has 0 spiro atoms. The van der Waals surface area contributed by atoms with Crippen LogP contribution in [0.25, 0.3) is 0 Å². The quantitative estimate of drug-likeness (QED) is 0.825. The van der Waals surface area contributed by atoms with Gasteiger partial charge >= 0.3 is 0 Å². The van der Waals surface area contributed by atoms with Gasteiger partial charge in [0, 0.05) is 28.7 Å². The van der Waals surface area contributed by atoms with Gasteiger partial charge in [-0.25, -0.2) is 4.98 Å². The maximum Gasteiger partial charge on any atom is 0.0925 e. The number of thiazole rings is 1. The van der Waals surface area contributed by atoms with E-state index in [1.165, 1.54) is 15.4 Å². The lowest BCUT2D eigenvalue weighted by Crippen LogP contribution is -2.25. The first-order valence-corrected chi connectivity index (χ1v) is 8.22. The maximum absolute atomic E-state index is 5.96. The zero-order chi connectivity index (χ0) is 14.5. The molecule has 2 aromatic rings. The van der Waals surface area contributed by atoms with E-state index in [1.54, 1.807) is 11.3 Å². The van der Waals surface area contributed by atoms with Crippen LogP contribution in [0, 0.1) is 5.92 Å². The molecule has 1 unspecified atom stereocenters. The molecular weight excluding hydrogens is 288 g/mol. The maximum atomic E-state index is 5.96. The molecule has 0 radical (unpaired) electrons. The van der Waals surface area contributed by atoms with Gasteiger partial charge in [-0.2, -0.15) is 0 Å². The summed E-state index contributed by atoms with van der Waals surface area (Å²) in [6.07, 6.45) is 2.99. The molecule has 1 N–H and O–H groups in total. The fourth-order valence-electron chi connectivity index (χ4n) is 2.21. The molecule has 4 heteroatoms. The summed E-state index contributed by atoms with van der Waals surface area (Å²) in [5.41, 5.74) is 1.28. The van der Waals surface area contributed by atoms with Crippen molar-refractivity contribution >= 4 is 22.9 Å². The first-order chi connectivity index (χ1) is 9.60. The van der Waals surface area contributed by atoms with Gasteiger partial charge in [0.2, 0.25) is 0 Å². The minimum Gasteiger partial charge on any atom is -0.305 e. The van der Waals surface area contributed by atoms with E-state index in [0.29, 0.717) is 12.0 Å². The van der Waals surface area contributed by atoms with Gasteiger partial charge in [-0.1, -0.05) is 44.5 Å². The Morgan fingerprint density at radius 1 is 1.25 bits per heavy atom. The third-order valence-corrected chi connectivity index (χ3v) is 4.69. The Hall–Kier alpha value is -0.900. The van der Waals surface area contributed by atoms with Gasteiger partial charge in [-0.15, -0.1) is 11.3 Å². The van der Waals surface area contributed by atoms with Gasteiger partial charge in [0.25, 0.3) is 0 Å². The van der Waals surface area contributed by atoms with Crippen LogP contribution in [-0.4, -0.2) is 4.98 Å². The fraction of sp³-hybridized carbons (Fsp3) is 0.438. The number of rotatable bonds is 6. The number of benzene rings is 1. The first-order valence-electron chi connectivity index (χ1n) is 7.02. The summed E-state index contributed by atoms with van der Waals surface area (Å²) >= 11 is 7.75. The lowest BCUT2D eigenvalue weighted by molar-refractivity contribution is 0.412. The Bertz CT molecular complexity index is 534. The van der Waals surface area contributed by atoms with E-state index in [2.05, 4.69) is 43.2 Å². The molecule has 0 saturated heterocycles. The number of halogens is 1. The second-order valence-corrected chi connectivity index (χ2v) is 6.86. The highest BCUT2D eigenvalue weighted by molar-refractivity contribution is 7.11. The van der Waals surface area contributed by atoms with E-state index in [1.807, 2.05) is 18.3 Å². The summed E-state index contributed by atoms with van der Waals surface area (Å²) in [4.78, 5) is 5.70. The van der Waals surface area contributed by atoms with Crippen LogP contribution >= 0.6 is 22.9 Å². The highest BCUT2D eigenvalue weighted by Gasteiger charge is 2.15. The van der Waals surface area contributed by atoms with E-state index in [-0.39, 0.29) is 0 Å². The third-order valence-electron chi connectivity index (χ3n) is 3.30. The molecule has 0 saturated carbocycles. The molecular formula is C16H21ClN2S. The predicted molar refractivity (Wildman–Crippen MR) is 87.4 cm³/mol. The molecule has 1 heterocycles. The van der Waals surface area contributed by atoms with Gasteiger partial charge < -0.3 is 5.32 Å².